The fraction of sp³-hybridized carbons (Fsp3) is 0.308. The van der Waals surface area contributed by atoms with Crippen LogP contribution in [0.1, 0.15) is 36.0 Å². The largest absolute Gasteiger partial charge is 0.368 e. The van der Waals surface area contributed by atoms with Gasteiger partial charge in [0, 0.05) is 17.4 Å². The molecule has 4 nitrogen and oxygen atoms in total. The van der Waals surface area contributed by atoms with Crippen molar-refractivity contribution in [2.45, 2.75) is 25.2 Å². The van der Waals surface area contributed by atoms with Gasteiger partial charge in [-0.15, -0.1) is 0 Å². The molecule has 1 aliphatic rings. The third-order valence-corrected chi connectivity index (χ3v) is 3.33. The fourth-order valence-corrected chi connectivity index (χ4v) is 2.07. The van der Waals surface area contributed by atoms with Crippen LogP contribution in [0.3, 0.4) is 0 Å². The van der Waals surface area contributed by atoms with Crippen molar-refractivity contribution in [2.24, 2.45) is 0 Å². The molecular formula is C13H13ClN4. The Morgan fingerprint density at radius 3 is 2.67 bits per heavy atom. The summed E-state index contributed by atoms with van der Waals surface area (Å²) < 4.78 is 0. The first-order chi connectivity index (χ1) is 8.72. The maximum atomic E-state index is 6.13. The molecule has 0 spiro atoms. The van der Waals surface area contributed by atoms with Crippen LogP contribution in [0, 0.1) is 0 Å². The van der Waals surface area contributed by atoms with Gasteiger partial charge in [-0.05, 0) is 24.5 Å². The van der Waals surface area contributed by atoms with Crippen LogP contribution in [0.25, 0.3) is 0 Å². The smallest absolute Gasteiger partial charge is 0.223 e. The first-order valence-electron chi connectivity index (χ1n) is 5.96. The van der Waals surface area contributed by atoms with Gasteiger partial charge in [-0.2, -0.15) is 9.97 Å². The number of hydrogen-bond acceptors (Lipinski definition) is 4. The molecule has 5 heteroatoms. The molecule has 0 saturated heterocycles. The summed E-state index contributed by atoms with van der Waals surface area (Å²) in [6, 6.07) is 7.69. The molecule has 18 heavy (non-hydrogen) atoms. The van der Waals surface area contributed by atoms with Gasteiger partial charge in [0.1, 0.15) is 11.6 Å². The van der Waals surface area contributed by atoms with Crippen LogP contribution < -0.4 is 5.73 Å². The lowest BCUT2D eigenvalue weighted by molar-refractivity contribution is 0.838. The predicted molar refractivity (Wildman–Crippen MR) is 70.5 cm³/mol. The third-order valence-electron chi connectivity index (χ3n) is 2.97. The maximum absolute atomic E-state index is 6.13. The zero-order valence-electron chi connectivity index (χ0n) is 9.81. The molecule has 2 N–H and O–H groups in total. The second kappa shape index (κ2) is 4.53. The quantitative estimate of drug-likeness (QED) is 0.921. The fourth-order valence-electron chi connectivity index (χ4n) is 1.87. The Kier molecular flexibility index (Phi) is 2.88. The highest BCUT2D eigenvalue weighted by Crippen LogP contribution is 2.38. The highest BCUT2D eigenvalue weighted by atomic mass is 35.5. The van der Waals surface area contributed by atoms with E-state index in [1.807, 2.05) is 24.3 Å². The Bertz CT molecular complexity index is 581. The van der Waals surface area contributed by atoms with Crippen LogP contribution in [0.15, 0.2) is 24.3 Å². The van der Waals surface area contributed by atoms with Crippen LogP contribution in [-0.4, -0.2) is 15.0 Å². The molecule has 1 aliphatic carbocycles. The standard InChI is InChI=1S/C13H13ClN4/c14-10-4-2-1-3-9(10)7-11-16-12(8-5-6-8)18-13(15)17-11/h1-4,8H,5-7H2,(H2,15,16,17,18). The number of rotatable bonds is 3. The molecule has 0 radical (unpaired) electrons. The molecule has 0 amide bonds. The lowest BCUT2D eigenvalue weighted by Gasteiger charge is -2.05. The number of nitrogens with two attached hydrogens (primary N) is 1. The van der Waals surface area contributed by atoms with Crippen molar-refractivity contribution in [3.8, 4) is 0 Å². The Hall–Kier alpha value is -1.68. The van der Waals surface area contributed by atoms with E-state index in [4.69, 9.17) is 17.3 Å². The molecule has 0 bridgehead atoms. The van der Waals surface area contributed by atoms with E-state index in [0.29, 0.717) is 24.1 Å². The Morgan fingerprint density at radius 2 is 1.94 bits per heavy atom. The van der Waals surface area contributed by atoms with E-state index in [2.05, 4.69) is 15.0 Å². The second-order valence-corrected chi connectivity index (χ2v) is 4.92. The molecule has 0 atom stereocenters. The Balaban J connectivity index is 1.90. The summed E-state index contributed by atoms with van der Waals surface area (Å²) in [5.41, 5.74) is 6.73. The summed E-state index contributed by atoms with van der Waals surface area (Å²) >= 11 is 6.13. The van der Waals surface area contributed by atoms with Gasteiger partial charge in [-0.25, -0.2) is 4.98 Å². The van der Waals surface area contributed by atoms with E-state index in [-0.39, 0.29) is 0 Å². The second-order valence-electron chi connectivity index (χ2n) is 4.51. The molecule has 1 heterocycles. The van der Waals surface area contributed by atoms with Gasteiger partial charge in [0.25, 0.3) is 0 Å². The third kappa shape index (κ3) is 2.43. The van der Waals surface area contributed by atoms with Crippen LogP contribution >= 0.6 is 11.6 Å². The number of nitrogen functional groups attached to an aromatic ring is 1. The van der Waals surface area contributed by atoms with Gasteiger partial charge in [0.05, 0.1) is 0 Å². The molecule has 3 rings (SSSR count). The van der Waals surface area contributed by atoms with Crippen molar-refractivity contribution in [3.63, 3.8) is 0 Å². The van der Waals surface area contributed by atoms with Gasteiger partial charge in [-0.1, -0.05) is 29.8 Å². The summed E-state index contributed by atoms with van der Waals surface area (Å²) in [5, 5.41) is 0.726. The van der Waals surface area contributed by atoms with E-state index in [1.165, 1.54) is 0 Å². The van der Waals surface area contributed by atoms with E-state index in [9.17, 15) is 0 Å². The van der Waals surface area contributed by atoms with E-state index in [0.717, 1.165) is 29.3 Å². The minimum absolute atomic E-state index is 0.300. The van der Waals surface area contributed by atoms with Crippen LogP contribution in [0.5, 0.6) is 0 Å². The molecular weight excluding hydrogens is 248 g/mol. The number of halogens is 1. The van der Waals surface area contributed by atoms with Gasteiger partial charge >= 0.3 is 0 Å². The van der Waals surface area contributed by atoms with Crippen LogP contribution in [0.4, 0.5) is 5.95 Å². The van der Waals surface area contributed by atoms with Crippen LogP contribution in [-0.2, 0) is 6.42 Å². The molecule has 1 saturated carbocycles. The zero-order valence-corrected chi connectivity index (χ0v) is 10.6. The van der Waals surface area contributed by atoms with Gasteiger partial charge in [0.2, 0.25) is 5.95 Å². The van der Waals surface area contributed by atoms with Gasteiger partial charge in [-0.3, -0.25) is 0 Å². The van der Waals surface area contributed by atoms with E-state index >= 15 is 0 Å². The average molecular weight is 261 g/mol. The SMILES string of the molecule is Nc1nc(Cc2ccccc2Cl)nc(C2CC2)n1. The summed E-state index contributed by atoms with van der Waals surface area (Å²) in [5.74, 6) is 2.29. The molecule has 2 aromatic rings. The zero-order chi connectivity index (χ0) is 12.5. The lowest BCUT2D eigenvalue weighted by Crippen LogP contribution is -2.07. The monoisotopic (exact) mass is 260 g/mol. The number of nitrogens with zero attached hydrogens (tertiary/aromatic N) is 3. The molecule has 1 aromatic carbocycles. The van der Waals surface area contributed by atoms with Crippen molar-refractivity contribution < 1.29 is 0 Å². The summed E-state index contributed by atoms with van der Waals surface area (Å²) in [4.78, 5) is 12.8. The molecule has 0 unspecified atom stereocenters. The van der Waals surface area contributed by atoms with Crippen molar-refractivity contribution >= 4 is 17.5 Å². The summed E-state index contributed by atoms with van der Waals surface area (Å²) in [7, 11) is 0. The van der Waals surface area contributed by atoms with E-state index in [1.54, 1.807) is 0 Å². The van der Waals surface area contributed by atoms with Crippen molar-refractivity contribution in [3.05, 3.63) is 46.5 Å². The lowest BCUT2D eigenvalue weighted by atomic mass is 10.1. The topological polar surface area (TPSA) is 64.7 Å². The van der Waals surface area contributed by atoms with Crippen LogP contribution in [0.2, 0.25) is 5.02 Å². The Morgan fingerprint density at radius 1 is 1.17 bits per heavy atom. The number of anilines is 1. The normalized spacial score (nSPS) is 14.7. The molecule has 92 valence electrons. The molecule has 1 aromatic heterocycles. The minimum Gasteiger partial charge on any atom is -0.368 e. The summed E-state index contributed by atoms with van der Waals surface area (Å²) in [6.07, 6.45) is 2.89. The number of aromatic nitrogens is 3. The van der Waals surface area contributed by atoms with Gasteiger partial charge in [0.15, 0.2) is 0 Å². The Labute approximate surface area is 110 Å². The van der Waals surface area contributed by atoms with Gasteiger partial charge < -0.3 is 5.73 Å². The average Bonchev–Trinajstić information content (AvgIpc) is 3.15. The number of hydrogen-bond donors (Lipinski definition) is 1. The maximum Gasteiger partial charge on any atom is 0.223 e. The number of benzene rings is 1. The predicted octanol–water partition coefficient (Wildman–Crippen LogP) is 2.58. The molecule has 0 aliphatic heterocycles. The molecule has 1 fully saturated rings. The first kappa shape index (κ1) is 11.4. The van der Waals surface area contributed by atoms with Crippen molar-refractivity contribution in [1.82, 2.24) is 15.0 Å². The summed E-state index contributed by atoms with van der Waals surface area (Å²) in [6.45, 7) is 0. The first-order valence-corrected chi connectivity index (χ1v) is 6.34. The van der Waals surface area contributed by atoms with Crippen molar-refractivity contribution in [2.75, 3.05) is 5.73 Å². The minimum atomic E-state index is 0.300. The highest BCUT2D eigenvalue weighted by Gasteiger charge is 2.27. The van der Waals surface area contributed by atoms with Crippen molar-refractivity contribution in [1.29, 1.82) is 0 Å². The highest BCUT2D eigenvalue weighted by molar-refractivity contribution is 6.31. The van der Waals surface area contributed by atoms with E-state index < -0.39 is 0 Å².